The molecule has 0 spiro atoms. The summed E-state index contributed by atoms with van der Waals surface area (Å²) in [5, 5.41) is 4.75. The second-order valence-corrected chi connectivity index (χ2v) is 6.42. The molecule has 106 valence electrons. The van der Waals surface area contributed by atoms with Gasteiger partial charge in [-0.2, -0.15) is 0 Å². The molecule has 1 rings (SSSR count). The van der Waals surface area contributed by atoms with Crippen LogP contribution in [0.25, 0.3) is 0 Å². The number of rotatable bonds is 6. The molecule has 0 aliphatic rings. The van der Waals surface area contributed by atoms with Crippen LogP contribution in [0.15, 0.2) is 23.4 Å². The Hall–Kier alpha value is -0.780. The van der Waals surface area contributed by atoms with Crippen molar-refractivity contribution in [3.63, 3.8) is 0 Å². The van der Waals surface area contributed by atoms with Crippen LogP contribution in [0.1, 0.15) is 20.3 Å². The highest BCUT2D eigenvalue weighted by atomic mass is 35.5. The largest absolute Gasteiger partial charge is 0.468 e. The van der Waals surface area contributed by atoms with Crippen LogP contribution in [0.2, 0.25) is 5.02 Å². The van der Waals surface area contributed by atoms with Crippen molar-refractivity contribution >= 4 is 29.3 Å². The van der Waals surface area contributed by atoms with Crippen LogP contribution >= 0.6 is 23.4 Å². The van der Waals surface area contributed by atoms with Gasteiger partial charge in [-0.05, 0) is 32.5 Å². The zero-order valence-corrected chi connectivity index (χ0v) is 13.1. The number of halogens is 1. The molecule has 0 aromatic carbocycles. The second-order valence-electron chi connectivity index (χ2n) is 4.52. The predicted molar refractivity (Wildman–Crippen MR) is 78.7 cm³/mol. The van der Waals surface area contributed by atoms with Gasteiger partial charge in [0.1, 0.15) is 5.54 Å². The Morgan fingerprint density at radius 1 is 1.63 bits per heavy atom. The minimum absolute atomic E-state index is 0.213. The topological polar surface area (TPSA) is 51.2 Å². The molecule has 0 radical (unpaired) electrons. The van der Waals surface area contributed by atoms with Crippen LogP contribution in [0, 0.1) is 0 Å². The summed E-state index contributed by atoms with van der Waals surface area (Å²) in [6.07, 6.45) is 2.26. The second kappa shape index (κ2) is 7.12. The molecule has 1 aromatic heterocycles. The summed E-state index contributed by atoms with van der Waals surface area (Å²) < 4.78 is 4.83. The van der Waals surface area contributed by atoms with E-state index in [0.29, 0.717) is 11.4 Å². The zero-order chi connectivity index (χ0) is 14.5. The fourth-order valence-electron chi connectivity index (χ4n) is 1.77. The van der Waals surface area contributed by atoms with Crippen molar-refractivity contribution in [2.24, 2.45) is 0 Å². The van der Waals surface area contributed by atoms with Gasteiger partial charge in [-0.3, -0.25) is 4.79 Å². The summed E-state index contributed by atoms with van der Waals surface area (Å²) in [4.78, 5) is 16.0. The van der Waals surface area contributed by atoms with Gasteiger partial charge >= 0.3 is 5.97 Å². The van der Waals surface area contributed by atoms with Crippen LogP contribution in [0.3, 0.4) is 0 Å². The number of hydrogen-bond donors (Lipinski definition) is 1. The van der Waals surface area contributed by atoms with E-state index in [1.54, 1.807) is 31.1 Å². The van der Waals surface area contributed by atoms with Gasteiger partial charge in [-0.1, -0.05) is 18.5 Å². The first-order valence-electron chi connectivity index (χ1n) is 5.97. The first-order chi connectivity index (χ1) is 8.91. The maximum atomic E-state index is 11.8. The Labute approximate surface area is 123 Å². The van der Waals surface area contributed by atoms with Crippen LogP contribution in [-0.4, -0.2) is 35.9 Å². The smallest absolute Gasteiger partial charge is 0.325 e. The van der Waals surface area contributed by atoms with Gasteiger partial charge < -0.3 is 10.1 Å². The number of esters is 1. The Kier molecular flexibility index (Phi) is 6.10. The SMILES string of the molecule is CNC(C)(CC(C)Sc1ccc(Cl)cn1)C(=O)OC. The fourth-order valence-corrected chi connectivity index (χ4v) is 2.97. The van der Waals surface area contributed by atoms with Crippen LogP contribution in [0.4, 0.5) is 0 Å². The molecule has 6 heteroatoms. The standard InChI is InChI=1S/C13H19ClN2O2S/c1-9(7-13(2,15-3)12(17)18-4)19-11-6-5-10(14)8-16-11/h5-6,8-9,15H,7H2,1-4H3. The van der Waals surface area contributed by atoms with E-state index in [2.05, 4.69) is 17.2 Å². The number of likely N-dealkylation sites (N-methyl/N-ethyl adjacent to an activating group) is 1. The number of nitrogens with zero attached hydrogens (tertiary/aromatic N) is 1. The molecule has 0 bridgehead atoms. The van der Waals surface area contributed by atoms with Gasteiger partial charge in [0.2, 0.25) is 0 Å². The van der Waals surface area contributed by atoms with E-state index in [4.69, 9.17) is 16.3 Å². The van der Waals surface area contributed by atoms with Gasteiger partial charge in [0.25, 0.3) is 0 Å². The molecule has 1 aromatic rings. The number of aromatic nitrogens is 1. The Morgan fingerprint density at radius 3 is 2.79 bits per heavy atom. The van der Waals surface area contributed by atoms with Crippen molar-refractivity contribution < 1.29 is 9.53 Å². The molecule has 0 saturated carbocycles. The van der Waals surface area contributed by atoms with E-state index in [0.717, 1.165) is 5.03 Å². The van der Waals surface area contributed by atoms with Crippen molar-refractivity contribution in [1.29, 1.82) is 0 Å². The van der Waals surface area contributed by atoms with E-state index in [1.807, 2.05) is 13.0 Å². The highest BCUT2D eigenvalue weighted by Crippen LogP contribution is 2.28. The van der Waals surface area contributed by atoms with Crippen molar-refractivity contribution in [3.8, 4) is 0 Å². The molecule has 4 nitrogen and oxygen atoms in total. The molecule has 19 heavy (non-hydrogen) atoms. The molecule has 2 unspecified atom stereocenters. The highest BCUT2D eigenvalue weighted by molar-refractivity contribution is 7.99. The van der Waals surface area contributed by atoms with Crippen LogP contribution in [-0.2, 0) is 9.53 Å². The maximum absolute atomic E-state index is 11.8. The number of carbonyl (C=O) groups is 1. The minimum Gasteiger partial charge on any atom is -0.468 e. The lowest BCUT2D eigenvalue weighted by atomic mass is 9.96. The minimum atomic E-state index is -0.687. The van der Waals surface area contributed by atoms with Crippen molar-refractivity contribution in [3.05, 3.63) is 23.4 Å². The number of nitrogens with one attached hydrogen (secondary N) is 1. The average molecular weight is 303 g/mol. The van der Waals surface area contributed by atoms with Gasteiger partial charge in [0.15, 0.2) is 0 Å². The molecule has 0 aliphatic carbocycles. The lowest BCUT2D eigenvalue weighted by molar-refractivity contribution is -0.147. The number of hydrogen-bond acceptors (Lipinski definition) is 5. The van der Waals surface area contributed by atoms with E-state index in [-0.39, 0.29) is 11.2 Å². The summed E-state index contributed by atoms with van der Waals surface area (Å²) in [6.45, 7) is 3.89. The predicted octanol–water partition coefficient (Wildman–Crippen LogP) is 2.76. The average Bonchev–Trinajstić information content (AvgIpc) is 2.40. The molecule has 0 amide bonds. The fraction of sp³-hybridized carbons (Fsp3) is 0.538. The lowest BCUT2D eigenvalue weighted by Crippen LogP contribution is -2.49. The maximum Gasteiger partial charge on any atom is 0.325 e. The normalized spacial score (nSPS) is 15.6. The molecular formula is C13H19ClN2O2S. The molecule has 0 fully saturated rings. The van der Waals surface area contributed by atoms with Gasteiger partial charge in [0, 0.05) is 11.4 Å². The monoisotopic (exact) mass is 302 g/mol. The van der Waals surface area contributed by atoms with E-state index in [9.17, 15) is 4.79 Å². The number of carbonyl (C=O) groups excluding carboxylic acids is 1. The van der Waals surface area contributed by atoms with Crippen molar-refractivity contribution in [1.82, 2.24) is 10.3 Å². The van der Waals surface area contributed by atoms with E-state index in [1.165, 1.54) is 7.11 Å². The third kappa shape index (κ3) is 4.67. The lowest BCUT2D eigenvalue weighted by Gasteiger charge is -2.28. The van der Waals surface area contributed by atoms with Crippen LogP contribution < -0.4 is 5.32 Å². The first kappa shape index (κ1) is 16.3. The zero-order valence-electron chi connectivity index (χ0n) is 11.6. The molecule has 1 heterocycles. The number of pyridine rings is 1. The van der Waals surface area contributed by atoms with E-state index < -0.39 is 5.54 Å². The summed E-state index contributed by atoms with van der Waals surface area (Å²) >= 11 is 7.40. The van der Waals surface area contributed by atoms with E-state index >= 15 is 0 Å². The van der Waals surface area contributed by atoms with Gasteiger partial charge in [0.05, 0.1) is 17.2 Å². The molecule has 2 atom stereocenters. The van der Waals surface area contributed by atoms with Gasteiger partial charge in [-0.25, -0.2) is 4.98 Å². The first-order valence-corrected chi connectivity index (χ1v) is 7.22. The number of methoxy groups -OCH3 is 1. The molecular weight excluding hydrogens is 284 g/mol. The third-order valence-electron chi connectivity index (χ3n) is 2.91. The molecule has 0 saturated heterocycles. The Balaban J connectivity index is 2.65. The highest BCUT2D eigenvalue weighted by Gasteiger charge is 2.34. The van der Waals surface area contributed by atoms with Crippen LogP contribution in [0.5, 0.6) is 0 Å². The summed E-state index contributed by atoms with van der Waals surface area (Å²) in [5.41, 5.74) is -0.687. The Bertz CT molecular complexity index is 427. The molecule has 0 aliphatic heterocycles. The third-order valence-corrected chi connectivity index (χ3v) is 4.18. The van der Waals surface area contributed by atoms with Crippen molar-refractivity contribution in [2.45, 2.75) is 36.1 Å². The Morgan fingerprint density at radius 2 is 2.32 bits per heavy atom. The summed E-state index contributed by atoms with van der Waals surface area (Å²) in [7, 11) is 3.16. The number of thioether (sulfide) groups is 1. The summed E-state index contributed by atoms with van der Waals surface area (Å²) in [5.74, 6) is -0.258. The molecule has 1 N–H and O–H groups in total. The van der Waals surface area contributed by atoms with Crippen molar-refractivity contribution in [2.75, 3.05) is 14.2 Å². The summed E-state index contributed by atoms with van der Waals surface area (Å²) in [6, 6.07) is 3.68. The quantitative estimate of drug-likeness (QED) is 0.647. The number of ether oxygens (including phenoxy) is 1. The van der Waals surface area contributed by atoms with Gasteiger partial charge in [-0.15, -0.1) is 11.8 Å².